The number of aliphatic hydroxyl groups is 2. The van der Waals surface area contributed by atoms with Crippen LogP contribution in [-0.4, -0.2) is 47.4 Å². The number of aliphatic hydroxyl groups excluding tert-OH is 2. The van der Waals surface area contributed by atoms with E-state index in [9.17, 15) is 19.8 Å². The van der Waals surface area contributed by atoms with Gasteiger partial charge in [-0.15, -0.1) is 0 Å². The van der Waals surface area contributed by atoms with E-state index >= 15 is 0 Å². The molecule has 388 valence electrons. The Morgan fingerprint density at radius 3 is 0.938 bits per heavy atom. The number of unbranched alkanes of at least 4 members (excludes halogenated alkanes) is 45. The molecule has 0 aromatic carbocycles. The van der Waals surface area contributed by atoms with E-state index in [0.717, 1.165) is 51.4 Å². The maximum atomic E-state index is 12.5. The van der Waals surface area contributed by atoms with Crippen LogP contribution in [0.4, 0.5) is 0 Å². The van der Waals surface area contributed by atoms with Gasteiger partial charge in [-0.05, 0) is 25.7 Å². The largest absolute Gasteiger partial charge is 0.466 e. The quantitative estimate of drug-likeness (QED) is 0.0417. The lowest BCUT2D eigenvalue weighted by Gasteiger charge is -2.22. The summed E-state index contributed by atoms with van der Waals surface area (Å²) in [5.41, 5.74) is 0. The number of carbonyl (C=O) groups is 2. The van der Waals surface area contributed by atoms with Crippen molar-refractivity contribution in [2.75, 3.05) is 13.2 Å². The summed E-state index contributed by atoms with van der Waals surface area (Å²) in [6.45, 7) is 4.96. The van der Waals surface area contributed by atoms with Crippen molar-refractivity contribution in [2.24, 2.45) is 0 Å². The minimum absolute atomic E-state index is 0.00108. The fourth-order valence-electron chi connectivity index (χ4n) is 9.58. The van der Waals surface area contributed by atoms with Gasteiger partial charge in [-0.3, -0.25) is 9.59 Å². The molecule has 2 unspecified atom stereocenters. The first-order valence-electron chi connectivity index (χ1n) is 29.8. The van der Waals surface area contributed by atoms with E-state index in [1.54, 1.807) is 0 Å². The molecule has 0 aromatic heterocycles. The molecule has 0 aliphatic heterocycles. The average molecular weight is 921 g/mol. The summed E-state index contributed by atoms with van der Waals surface area (Å²) >= 11 is 0. The third-order valence-electron chi connectivity index (χ3n) is 14.2. The molecule has 0 heterocycles. The minimum atomic E-state index is -0.671. The summed E-state index contributed by atoms with van der Waals surface area (Å²) in [6.07, 6.45) is 63.8. The van der Waals surface area contributed by atoms with Crippen molar-refractivity contribution in [3.8, 4) is 0 Å². The lowest BCUT2D eigenvalue weighted by molar-refractivity contribution is -0.143. The van der Waals surface area contributed by atoms with Crippen molar-refractivity contribution < 1.29 is 24.5 Å². The highest BCUT2D eigenvalue weighted by Crippen LogP contribution is 2.18. The smallest absolute Gasteiger partial charge is 0.305 e. The fraction of sp³-hybridized carbons (Fsp3) is 0.966. The SMILES string of the molecule is CCCCCCCCCCCCCCCCCCCCCCCCCC(O)C(CO)NC(=O)CCCCCCCCCCCCCCCCOC(=O)CCCCCCCCCCCCC. The Labute approximate surface area is 406 Å². The van der Waals surface area contributed by atoms with Crippen molar-refractivity contribution in [3.05, 3.63) is 0 Å². The molecule has 0 radical (unpaired) electrons. The molecule has 0 aliphatic rings. The van der Waals surface area contributed by atoms with Crippen molar-refractivity contribution in [2.45, 2.75) is 353 Å². The standard InChI is InChI=1S/C59H117NO5/c1-3-5-7-9-11-13-15-16-17-18-19-20-21-22-23-24-25-28-32-35-39-43-47-51-57(62)56(55-61)60-58(63)52-48-44-40-36-33-29-26-27-30-34-38-42-46-50-54-65-59(64)53-49-45-41-37-31-14-12-10-8-6-4-2/h56-57,61-62H,3-55H2,1-2H3,(H,60,63). The molecule has 0 saturated carbocycles. The predicted molar refractivity (Wildman–Crippen MR) is 283 cm³/mol. The van der Waals surface area contributed by atoms with Gasteiger partial charge in [-0.25, -0.2) is 0 Å². The van der Waals surface area contributed by atoms with E-state index in [4.69, 9.17) is 4.74 Å². The summed E-state index contributed by atoms with van der Waals surface area (Å²) in [6, 6.07) is -0.549. The van der Waals surface area contributed by atoms with Gasteiger partial charge in [0, 0.05) is 12.8 Å². The van der Waals surface area contributed by atoms with Crippen LogP contribution < -0.4 is 5.32 Å². The van der Waals surface area contributed by atoms with Gasteiger partial charge in [-0.2, -0.15) is 0 Å². The topological polar surface area (TPSA) is 95.9 Å². The highest BCUT2D eigenvalue weighted by molar-refractivity contribution is 5.76. The van der Waals surface area contributed by atoms with Gasteiger partial charge in [0.25, 0.3) is 0 Å². The van der Waals surface area contributed by atoms with Gasteiger partial charge in [0.15, 0.2) is 0 Å². The number of hydrogen-bond acceptors (Lipinski definition) is 5. The average Bonchev–Trinajstić information content (AvgIpc) is 3.31. The maximum absolute atomic E-state index is 12.5. The second-order valence-corrected chi connectivity index (χ2v) is 20.7. The summed E-state index contributed by atoms with van der Waals surface area (Å²) in [5.74, 6) is -0.0419. The first-order chi connectivity index (χ1) is 32.0. The van der Waals surface area contributed by atoms with Gasteiger partial charge in [-0.1, -0.05) is 303 Å². The minimum Gasteiger partial charge on any atom is -0.466 e. The monoisotopic (exact) mass is 920 g/mol. The van der Waals surface area contributed by atoms with Crippen LogP contribution in [0, 0.1) is 0 Å². The molecule has 0 saturated heterocycles. The Bertz CT molecular complexity index is 928. The second-order valence-electron chi connectivity index (χ2n) is 20.7. The molecule has 0 bridgehead atoms. The molecule has 1 amide bonds. The molecule has 0 aromatic rings. The van der Waals surface area contributed by atoms with E-state index < -0.39 is 12.1 Å². The van der Waals surface area contributed by atoms with Crippen LogP contribution in [0.25, 0.3) is 0 Å². The molecule has 65 heavy (non-hydrogen) atoms. The van der Waals surface area contributed by atoms with E-state index in [1.807, 2.05) is 0 Å². The molecule has 6 nitrogen and oxygen atoms in total. The number of ether oxygens (including phenoxy) is 1. The zero-order valence-electron chi connectivity index (χ0n) is 44.3. The zero-order valence-corrected chi connectivity index (χ0v) is 44.3. The van der Waals surface area contributed by atoms with E-state index in [1.165, 1.54) is 257 Å². The Morgan fingerprint density at radius 1 is 0.369 bits per heavy atom. The molecule has 0 rings (SSSR count). The predicted octanol–water partition coefficient (Wildman–Crippen LogP) is 18.3. The Balaban J connectivity index is 3.43. The van der Waals surface area contributed by atoms with E-state index in [0.29, 0.717) is 25.9 Å². The molecule has 2 atom stereocenters. The molecule has 0 fully saturated rings. The van der Waals surface area contributed by atoms with Gasteiger partial charge < -0.3 is 20.3 Å². The van der Waals surface area contributed by atoms with Crippen LogP contribution in [-0.2, 0) is 14.3 Å². The van der Waals surface area contributed by atoms with Crippen LogP contribution in [0.5, 0.6) is 0 Å². The first-order valence-corrected chi connectivity index (χ1v) is 29.8. The fourth-order valence-corrected chi connectivity index (χ4v) is 9.58. The van der Waals surface area contributed by atoms with Crippen LogP contribution in [0.2, 0.25) is 0 Å². The van der Waals surface area contributed by atoms with Gasteiger partial charge in [0.05, 0.1) is 25.4 Å². The number of esters is 1. The van der Waals surface area contributed by atoms with Crippen LogP contribution in [0.1, 0.15) is 341 Å². The van der Waals surface area contributed by atoms with Crippen LogP contribution in [0.3, 0.4) is 0 Å². The highest BCUT2D eigenvalue weighted by Gasteiger charge is 2.20. The lowest BCUT2D eigenvalue weighted by atomic mass is 10.0. The number of rotatable bonds is 56. The van der Waals surface area contributed by atoms with E-state index in [2.05, 4.69) is 19.2 Å². The number of nitrogens with one attached hydrogen (secondary N) is 1. The van der Waals surface area contributed by atoms with Crippen LogP contribution in [0.15, 0.2) is 0 Å². The maximum Gasteiger partial charge on any atom is 0.305 e. The zero-order chi connectivity index (χ0) is 47.2. The summed E-state index contributed by atoms with van der Waals surface area (Å²) in [5, 5.41) is 23.4. The second kappa shape index (κ2) is 55.5. The number of amides is 1. The molecular formula is C59H117NO5. The van der Waals surface area contributed by atoms with E-state index in [-0.39, 0.29) is 18.5 Å². The Hall–Kier alpha value is -1.14. The third kappa shape index (κ3) is 52.1. The highest BCUT2D eigenvalue weighted by atomic mass is 16.5. The van der Waals surface area contributed by atoms with Gasteiger partial charge in [0.1, 0.15) is 0 Å². The molecule has 0 spiro atoms. The molecule has 3 N–H and O–H groups in total. The lowest BCUT2D eigenvalue weighted by Crippen LogP contribution is -2.45. The molecular weight excluding hydrogens is 803 g/mol. The van der Waals surface area contributed by atoms with Crippen molar-refractivity contribution in [3.63, 3.8) is 0 Å². The van der Waals surface area contributed by atoms with Crippen molar-refractivity contribution >= 4 is 11.9 Å². The molecule has 0 aliphatic carbocycles. The number of carbonyl (C=O) groups excluding carboxylic acids is 2. The molecule has 6 heteroatoms. The van der Waals surface area contributed by atoms with Crippen molar-refractivity contribution in [1.29, 1.82) is 0 Å². The van der Waals surface area contributed by atoms with Crippen LogP contribution >= 0.6 is 0 Å². The normalized spacial score (nSPS) is 12.5. The summed E-state index contributed by atoms with van der Waals surface area (Å²) < 4.78 is 5.46. The number of hydrogen-bond donors (Lipinski definition) is 3. The summed E-state index contributed by atoms with van der Waals surface area (Å²) in [4.78, 5) is 24.5. The summed E-state index contributed by atoms with van der Waals surface area (Å²) in [7, 11) is 0. The Kier molecular flexibility index (Phi) is 54.5. The van der Waals surface area contributed by atoms with Gasteiger partial charge >= 0.3 is 5.97 Å². The van der Waals surface area contributed by atoms with Gasteiger partial charge in [0.2, 0.25) is 5.91 Å². The van der Waals surface area contributed by atoms with Crippen molar-refractivity contribution in [1.82, 2.24) is 5.32 Å². The Morgan fingerprint density at radius 2 is 0.631 bits per heavy atom. The first kappa shape index (κ1) is 63.9. The third-order valence-corrected chi connectivity index (χ3v) is 14.2.